The lowest BCUT2D eigenvalue weighted by Gasteiger charge is -2.02. The van der Waals surface area contributed by atoms with Crippen LogP contribution in [0.2, 0.25) is 0 Å². The number of hydrogen-bond acceptors (Lipinski definition) is 4. The van der Waals surface area contributed by atoms with E-state index in [9.17, 15) is 9.59 Å². The molecule has 2 aromatic heterocycles. The molecule has 0 aromatic carbocycles. The van der Waals surface area contributed by atoms with Gasteiger partial charge >= 0.3 is 0 Å². The Bertz CT molecular complexity index is 672. The molecule has 0 radical (unpaired) electrons. The standard InChI is InChI=1S/C13H17N3O2S/c1-4-5-6-14-11(17)10-8(2)9-12(19-10)15-7-16(3)13(9)18/h7H,4-6H2,1-3H3,(H,14,17). The number of aromatic nitrogens is 2. The smallest absolute Gasteiger partial charge is 0.262 e. The number of unbranched alkanes of at least 4 members (excludes halogenated alkanes) is 1. The van der Waals surface area contributed by atoms with E-state index < -0.39 is 0 Å². The minimum absolute atomic E-state index is 0.105. The fourth-order valence-electron chi connectivity index (χ4n) is 1.88. The monoisotopic (exact) mass is 279 g/mol. The van der Waals surface area contributed by atoms with Crippen LogP contribution < -0.4 is 10.9 Å². The molecule has 5 nitrogen and oxygen atoms in total. The maximum Gasteiger partial charge on any atom is 0.262 e. The van der Waals surface area contributed by atoms with Crippen molar-refractivity contribution in [3.05, 3.63) is 27.1 Å². The van der Waals surface area contributed by atoms with Crippen molar-refractivity contribution in [1.29, 1.82) is 0 Å². The summed E-state index contributed by atoms with van der Waals surface area (Å²) in [5.74, 6) is -0.115. The number of nitrogens with one attached hydrogen (secondary N) is 1. The van der Waals surface area contributed by atoms with E-state index >= 15 is 0 Å². The normalized spacial score (nSPS) is 10.9. The third kappa shape index (κ3) is 2.53. The van der Waals surface area contributed by atoms with Crippen LogP contribution in [0.25, 0.3) is 10.2 Å². The summed E-state index contributed by atoms with van der Waals surface area (Å²) in [6, 6.07) is 0. The van der Waals surface area contributed by atoms with Gasteiger partial charge in [0.2, 0.25) is 0 Å². The number of rotatable bonds is 4. The van der Waals surface area contributed by atoms with Gasteiger partial charge in [-0.3, -0.25) is 9.59 Å². The van der Waals surface area contributed by atoms with Gasteiger partial charge in [0, 0.05) is 13.6 Å². The van der Waals surface area contributed by atoms with E-state index in [1.54, 1.807) is 14.0 Å². The zero-order valence-corrected chi connectivity index (χ0v) is 12.1. The van der Waals surface area contributed by atoms with Crippen LogP contribution in [0.3, 0.4) is 0 Å². The van der Waals surface area contributed by atoms with Crippen molar-refractivity contribution >= 4 is 27.5 Å². The summed E-state index contributed by atoms with van der Waals surface area (Å²) >= 11 is 1.28. The molecule has 0 atom stereocenters. The summed E-state index contributed by atoms with van der Waals surface area (Å²) in [6.07, 6.45) is 3.48. The molecule has 0 fully saturated rings. The van der Waals surface area contributed by atoms with Crippen LogP contribution in [0.5, 0.6) is 0 Å². The molecule has 0 saturated carbocycles. The first-order valence-electron chi connectivity index (χ1n) is 6.29. The lowest BCUT2D eigenvalue weighted by Crippen LogP contribution is -2.24. The van der Waals surface area contributed by atoms with Crippen molar-refractivity contribution in [2.75, 3.05) is 6.54 Å². The van der Waals surface area contributed by atoms with Crippen LogP contribution in [-0.2, 0) is 7.05 Å². The number of carbonyl (C=O) groups is 1. The Kier molecular flexibility index (Phi) is 3.99. The Balaban J connectivity index is 2.40. The molecule has 19 heavy (non-hydrogen) atoms. The van der Waals surface area contributed by atoms with Crippen molar-refractivity contribution in [1.82, 2.24) is 14.9 Å². The molecule has 0 spiro atoms. The second kappa shape index (κ2) is 5.52. The number of fused-ring (bicyclic) bond motifs is 1. The summed E-state index contributed by atoms with van der Waals surface area (Å²) < 4.78 is 1.43. The summed E-state index contributed by atoms with van der Waals surface area (Å²) in [5, 5.41) is 3.42. The van der Waals surface area contributed by atoms with Crippen LogP contribution in [0.1, 0.15) is 35.0 Å². The Labute approximate surface area is 115 Å². The molecular weight excluding hydrogens is 262 g/mol. The van der Waals surface area contributed by atoms with Gasteiger partial charge in [0.05, 0.1) is 16.6 Å². The Hall–Kier alpha value is -1.69. The first kappa shape index (κ1) is 13.7. The zero-order valence-electron chi connectivity index (χ0n) is 11.3. The predicted octanol–water partition coefficient (Wildman–Crippen LogP) is 1.83. The number of nitrogens with zero attached hydrogens (tertiary/aromatic N) is 2. The average Bonchev–Trinajstić information content (AvgIpc) is 2.72. The van der Waals surface area contributed by atoms with E-state index in [0.717, 1.165) is 18.4 Å². The highest BCUT2D eigenvalue weighted by Crippen LogP contribution is 2.26. The van der Waals surface area contributed by atoms with Crippen LogP contribution in [0.4, 0.5) is 0 Å². The van der Waals surface area contributed by atoms with Gasteiger partial charge in [-0.1, -0.05) is 13.3 Å². The quantitative estimate of drug-likeness (QED) is 0.868. The molecular formula is C13H17N3O2S. The minimum atomic E-state index is -0.115. The van der Waals surface area contributed by atoms with Gasteiger partial charge in [-0.05, 0) is 18.9 Å². The largest absolute Gasteiger partial charge is 0.351 e. The molecule has 2 heterocycles. The summed E-state index contributed by atoms with van der Waals surface area (Å²) in [4.78, 5) is 29.5. The highest BCUT2D eigenvalue weighted by atomic mass is 32.1. The number of hydrogen-bond donors (Lipinski definition) is 1. The molecule has 1 N–H and O–H groups in total. The van der Waals surface area contributed by atoms with E-state index in [4.69, 9.17) is 0 Å². The van der Waals surface area contributed by atoms with Gasteiger partial charge in [0.25, 0.3) is 11.5 Å². The SMILES string of the molecule is CCCCNC(=O)c1sc2ncn(C)c(=O)c2c1C. The summed E-state index contributed by atoms with van der Waals surface area (Å²) in [7, 11) is 1.66. The molecule has 2 rings (SSSR count). The maximum atomic E-state index is 12.1. The number of amides is 1. The minimum Gasteiger partial charge on any atom is -0.351 e. The van der Waals surface area contributed by atoms with Crippen LogP contribution in [-0.4, -0.2) is 22.0 Å². The van der Waals surface area contributed by atoms with E-state index in [2.05, 4.69) is 17.2 Å². The molecule has 0 bridgehead atoms. The third-order valence-electron chi connectivity index (χ3n) is 3.03. The van der Waals surface area contributed by atoms with Gasteiger partial charge in [0.15, 0.2) is 0 Å². The second-order valence-electron chi connectivity index (χ2n) is 4.51. The fraction of sp³-hybridized carbons (Fsp3) is 0.462. The van der Waals surface area contributed by atoms with E-state index in [0.29, 0.717) is 21.6 Å². The Morgan fingerprint density at radius 3 is 2.95 bits per heavy atom. The van der Waals surface area contributed by atoms with Crippen molar-refractivity contribution < 1.29 is 4.79 Å². The van der Waals surface area contributed by atoms with Gasteiger partial charge in [-0.25, -0.2) is 4.98 Å². The molecule has 0 aliphatic rings. The second-order valence-corrected chi connectivity index (χ2v) is 5.51. The van der Waals surface area contributed by atoms with Crippen molar-refractivity contribution in [3.8, 4) is 0 Å². The highest BCUT2D eigenvalue weighted by molar-refractivity contribution is 7.20. The predicted molar refractivity (Wildman–Crippen MR) is 76.8 cm³/mol. The van der Waals surface area contributed by atoms with E-state index in [1.165, 1.54) is 22.2 Å². The Morgan fingerprint density at radius 2 is 2.26 bits per heavy atom. The molecule has 6 heteroatoms. The maximum absolute atomic E-state index is 12.1. The van der Waals surface area contributed by atoms with E-state index in [-0.39, 0.29) is 11.5 Å². The van der Waals surface area contributed by atoms with Crippen molar-refractivity contribution in [2.45, 2.75) is 26.7 Å². The van der Waals surface area contributed by atoms with Gasteiger partial charge in [-0.2, -0.15) is 0 Å². The molecule has 102 valence electrons. The third-order valence-corrected chi connectivity index (χ3v) is 4.23. The molecule has 0 saturated heterocycles. The number of thiophene rings is 1. The van der Waals surface area contributed by atoms with Gasteiger partial charge < -0.3 is 9.88 Å². The number of aryl methyl sites for hydroxylation is 2. The number of carbonyl (C=O) groups excluding carboxylic acids is 1. The lowest BCUT2D eigenvalue weighted by atomic mass is 10.2. The van der Waals surface area contributed by atoms with Crippen LogP contribution in [0, 0.1) is 6.92 Å². The summed E-state index contributed by atoms with van der Waals surface area (Å²) in [6.45, 7) is 4.54. The molecule has 2 aromatic rings. The van der Waals surface area contributed by atoms with Crippen LogP contribution >= 0.6 is 11.3 Å². The first-order valence-corrected chi connectivity index (χ1v) is 7.10. The van der Waals surface area contributed by atoms with Crippen LogP contribution in [0.15, 0.2) is 11.1 Å². The highest BCUT2D eigenvalue weighted by Gasteiger charge is 2.18. The summed E-state index contributed by atoms with van der Waals surface area (Å²) in [5.41, 5.74) is 0.619. The topological polar surface area (TPSA) is 64.0 Å². The Morgan fingerprint density at radius 1 is 1.53 bits per heavy atom. The zero-order chi connectivity index (χ0) is 14.0. The first-order chi connectivity index (χ1) is 9.06. The fourth-order valence-corrected chi connectivity index (χ4v) is 2.94. The van der Waals surface area contributed by atoms with E-state index in [1.807, 2.05) is 0 Å². The molecule has 0 unspecified atom stereocenters. The van der Waals surface area contributed by atoms with Gasteiger partial charge in [0.1, 0.15) is 4.83 Å². The molecule has 0 aliphatic carbocycles. The molecule has 1 amide bonds. The average molecular weight is 279 g/mol. The van der Waals surface area contributed by atoms with Gasteiger partial charge in [-0.15, -0.1) is 11.3 Å². The lowest BCUT2D eigenvalue weighted by molar-refractivity contribution is 0.0957. The molecule has 0 aliphatic heterocycles. The van der Waals surface area contributed by atoms with Crippen molar-refractivity contribution in [2.24, 2.45) is 7.05 Å². The van der Waals surface area contributed by atoms with Crippen molar-refractivity contribution in [3.63, 3.8) is 0 Å².